The number of carbonyl (C=O) groups is 1. The van der Waals surface area contributed by atoms with E-state index < -0.39 is 0 Å². The highest BCUT2D eigenvalue weighted by Gasteiger charge is 2.21. The van der Waals surface area contributed by atoms with Crippen LogP contribution in [0.3, 0.4) is 0 Å². The zero-order valence-corrected chi connectivity index (χ0v) is 12.5. The molecule has 0 atom stereocenters. The van der Waals surface area contributed by atoms with E-state index in [-0.39, 0.29) is 11.7 Å². The largest absolute Gasteiger partial charge is 0.497 e. The second-order valence-electron chi connectivity index (χ2n) is 5.32. The van der Waals surface area contributed by atoms with E-state index in [9.17, 15) is 4.79 Å². The maximum atomic E-state index is 12.6. The molecule has 4 nitrogen and oxygen atoms in total. The predicted molar refractivity (Wildman–Crippen MR) is 77.9 cm³/mol. The molecule has 0 aromatic heterocycles. The first-order valence-electron chi connectivity index (χ1n) is 6.41. The van der Waals surface area contributed by atoms with Gasteiger partial charge in [-0.3, -0.25) is 4.79 Å². The molecule has 0 aliphatic rings. The van der Waals surface area contributed by atoms with Gasteiger partial charge in [0.2, 0.25) is 0 Å². The Kier molecular flexibility index (Phi) is 5.99. The number of carbonyl (C=O) groups excluding carboxylic acids is 1. The standard InChI is InChI=1S/C15H24N2O2/c1-16(2)10-13(11-17(3)4)15(18)12-7-6-8-14(9-12)19-5/h6-9,13H,10-11H2,1-5H3. The van der Waals surface area contributed by atoms with E-state index in [1.807, 2.05) is 56.2 Å². The number of hydrogen-bond acceptors (Lipinski definition) is 4. The lowest BCUT2D eigenvalue weighted by molar-refractivity contribution is 0.0870. The van der Waals surface area contributed by atoms with Gasteiger partial charge in [-0.15, -0.1) is 0 Å². The van der Waals surface area contributed by atoms with E-state index in [1.165, 1.54) is 0 Å². The Labute approximate surface area is 116 Å². The maximum Gasteiger partial charge on any atom is 0.168 e. The van der Waals surface area contributed by atoms with E-state index in [4.69, 9.17) is 4.74 Å². The zero-order valence-electron chi connectivity index (χ0n) is 12.5. The van der Waals surface area contributed by atoms with Crippen molar-refractivity contribution in [2.75, 3.05) is 48.4 Å². The van der Waals surface area contributed by atoms with Crippen LogP contribution in [-0.4, -0.2) is 64.0 Å². The first-order chi connectivity index (χ1) is 8.93. The van der Waals surface area contributed by atoms with Crippen LogP contribution in [0.15, 0.2) is 24.3 Å². The topological polar surface area (TPSA) is 32.8 Å². The van der Waals surface area contributed by atoms with Crippen LogP contribution in [-0.2, 0) is 0 Å². The number of ketones is 1. The Morgan fingerprint density at radius 1 is 1.16 bits per heavy atom. The number of methoxy groups -OCH3 is 1. The number of nitrogens with zero attached hydrogens (tertiary/aromatic N) is 2. The molecule has 0 N–H and O–H groups in total. The molecule has 0 radical (unpaired) electrons. The highest BCUT2D eigenvalue weighted by molar-refractivity contribution is 5.98. The molecular formula is C15H24N2O2. The van der Waals surface area contributed by atoms with Gasteiger partial charge in [0.1, 0.15) is 5.75 Å². The van der Waals surface area contributed by atoms with Crippen molar-refractivity contribution in [1.29, 1.82) is 0 Å². The third-order valence-corrected chi connectivity index (χ3v) is 2.90. The summed E-state index contributed by atoms with van der Waals surface area (Å²) in [5.41, 5.74) is 0.716. The molecule has 0 fully saturated rings. The van der Waals surface area contributed by atoms with Crippen LogP contribution in [0.25, 0.3) is 0 Å². The molecule has 4 heteroatoms. The predicted octanol–water partition coefficient (Wildman–Crippen LogP) is 1.62. The normalized spacial score (nSPS) is 11.4. The number of hydrogen-bond donors (Lipinski definition) is 0. The minimum atomic E-state index is -0.0305. The molecule has 0 heterocycles. The number of benzene rings is 1. The molecule has 0 unspecified atom stereocenters. The minimum absolute atomic E-state index is 0.0305. The molecule has 0 aliphatic heterocycles. The molecule has 0 aliphatic carbocycles. The number of ether oxygens (including phenoxy) is 1. The van der Waals surface area contributed by atoms with Crippen LogP contribution in [0, 0.1) is 5.92 Å². The van der Waals surface area contributed by atoms with Gasteiger partial charge in [-0.2, -0.15) is 0 Å². The Balaban J connectivity index is 2.90. The first-order valence-corrected chi connectivity index (χ1v) is 6.41. The van der Waals surface area contributed by atoms with Crippen molar-refractivity contribution in [2.24, 2.45) is 5.92 Å². The molecule has 106 valence electrons. The summed E-state index contributed by atoms with van der Waals surface area (Å²) in [4.78, 5) is 16.7. The van der Waals surface area contributed by atoms with Gasteiger partial charge in [-0.25, -0.2) is 0 Å². The highest BCUT2D eigenvalue weighted by atomic mass is 16.5. The van der Waals surface area contributed by atoms with Gasteiger partial charge in [0.05, 0.1) is 7.11 Å². The first kappa shape index (κ1) is 15.7. The lowest BCUT2D eigenvalue weighted by Crippen LogP contribution is -2.35. The summed E-state index contributed by atoms with van der Waals surface area (Å²) in [6.07, 6.45) is 0. The number of Topliss-reactive ketones (excluding diaryl/α,β-unsaturated/α-hetero) is 1. The summed E-state index contributed by atoms with van der Waals surface area (Å²) >= 11 is 0. The van der Waals surface area contributed by atoms with Crippen LogP contribution in [0.4, 0.5) is 0 Å². The second kappa shape index (κ2) is 7.26. The van der Waals surface area contributed by atoms with Crippen molar-refractivity contribution >= 4 is 5.78 Å². The molecular weight excluding hydrogens is 240 g/mol. The summed E-state index contributed by atoms with van der Waals surface area (Å²) in [5.74, 6) is 0.859. The van der Waals surface area contributed by atoms with Gasteiger partial charge in [0.25, 0.3) is 0 Å². The van der Waals surface area contributed by atoms with Crippen LogP contribution in [0.1, 0.15) is 10.4 Å². The summed E-state index contributed by atoms with van der Waals surface area (Å²) in [7, 11) is 9.56. The molecule has 0 amide bonds. The average molecular weight is 264 g/mol. The lowest BCUT2D eigenvalue weighted by Gasteiger charge is -2.23. The van der Waals surface area contributed by atoms with Crippen molar-refractivity contribution in [3.05, 3.63) is 29.8 Å². The van der Waals surface area contributed by atoms with Gasteiger partial charge in [0, 0.05) is 24.6 Å². The Morgan fingerprint density at radius 2 is 1.74 bits per heavy atom. The maximum absolute atomic E-state index is 12.6. The SMILES string of the molecule is COc1cccc(C(=O)C(CN(C)C)CN(C)C)c1. The van der Waals surface area contributed by atoms with Crippen LogP contribution < -0.4 is 4.74 Å². The molecule has 1 rings (SSSR count). The fourth-order valence-electron chi connectivity index (χ4n) is 2.12. The van der Waals surface area contributed by atoms with Crippen LogP contribution in [0.2, 0.25) is 0 Å². The molecule has 0 saturated heterocycles. The lowest BCUT2D eigenvalue weighted by atomic mass is 9.96. The van der Waals surface area contributed by atoms with Crippen LogP contribution in [0.5, 0.6) is 5.75 Å². The van der Waals surface area contributed by atoms with Gasteiger partial charge in [0.15, 0.2) is 5.78 Å². The second-order valence-corrected chi connectivity index (χ2v) is 5.32. The summed E-state index contributed by atoms with van der Waals surface area (Å²) in [6.45, 7) is 1.49. The van der Waals surface area contributed by atoms with E-state index in [2.05, 4.69) is 0 Å². The fraction of sp³-hybridized carbons (Fsp3) is 0.533. The zero-order chi connectivity index (χ0) is 14.4. The molecule has 1 aromatic rings. The third kappa shape index (κ3) is 5.01. The van der Waals surface area contributed by atoms with E-state index in [0.717, 1.165) is 18.8 Å². The van der Waals surface area contributed by atoms with E-state index in [0.29, 0.717) is 5.56 Å². The van der Waals surface area contributed by atoms with Gasteiger partial charge >= 0.3 is 0 Å². The fourth-order valence-corrected chi connectivity index (χ4v) is 2.12. The Hall–Kier alpha value is -1.39. The van der Waals surface area contributed by atoms with E-state index in [1.54, 1.807) is 13.2 Å². The van der Waals surface area contributed by atoms with Gasteiger partial charge in [-0.1, -0.05) is 12.1 Å². The Morgan fingerprint density at radius 3 is 2.21 bits per heavy atom. The monoisotopic (exact) mass is 264 g/mol. The van der Waals surface area contributed by atoms with Crippen molar-refractivity contribution in [3.8, 4) is 5.75 Å². The van der Waals surface area contributed by atoms with E-state index >= 15 is 0 Å². The van der Waals surface area contributed by atoms with Gasteiger partial charge < -0.3 is 14.5 Å². The summed E-state index contributed by atoms with van der Waals surface area (Å²) in [6, 6.07) is 7.36. The molecule has 19 heavy (non-hydrogen) atoms. The molecule has 0 bridgehead atoms. The van der Waals surface area contributed by atoms with Crippen LogP contribution >= 0.6 is 0 Å². The smallest absolute Gasteiger partial charge is 0.168 e. The van der Waals surface area contributed by atoms with Crippen molar-refractivity contribution in [3.63, 3.8) is 0 Å². The minimum Gasteiger partial charge on any atom is -0.497 e. The molecule has 0 saturated carbocycles. The highest BCUT2D eigenvalue weighted by Crippen LogP contribution is 2.17. The summed E-state index contributed by atoms with van der Waals surface area (Å²) in [5, 5.41) is 0. The van der Waals surface area contributed by atoms with Crippen molar-refractivity contribution in [1.82, 2.24) is 9.80 Å². The van der Waals surface area contributed by atoms with Gasteiger partial charge in [-0.05, 0) is 40.3 Å². The molecule has 1 aromatic carbocycles. The summed E-state index contributed by atoms with van der Waals surface area (Å²) < 4.78 is 5.17. The molecule has 0 spiro atoms. The Bertz CT molecular complexity index is 406. The number of rotatable bonds is 7. The third-order valence-electron chi connectivity index (χ3n) is 2.90. The van der Waals surface area contributed by atoms with Crippen molar-refractivity contribution in [2.45, 2.75) is 0 Å². The quantitative estimate of drug-likeness (QED) is 0.701. The van der Waals surface area contributed by atoms with Crippen molar-refractivity contribution < 1.29 is 9.53 Å². The average Bonchev–Trinajstić information content (AvgIpc) is 2.36.